The largest absolute Gasteiger partial charge is 0.323 e. The Kier molecular flexibility index (Phi) is 3.49. The number of imidazole rings is 1. The summed E-state index contributed by atoms with van der Waals surface area (Å²) in [6.45, 7) is 4.96. The van der Waals surface area contributed by atoms with Gasteiger partial charge in [0.25, 0.3) is 0 Å². The second-order valence-electron chi connectivity index (χ2n) is 5.05. The summed E-state index contributed by atoms with van der Waals surface area (Å²) >= 11 is 6.36. The van der Waals surface area contributed by atoms with Gasteiger partial charge in [-0.3, -0.25) is 0 Å². The van der Waals surface area contributed by atoms with Crippen LogP contribution >= 0.6 is 11.6 Å². The molecule has 0 aliphatic rings. The highest BCUT2D eigenvalue weighted by Gasteiger charge is 2.10. The summed E-state index contributed by atoms with van der Waals surface area (Å²) in [7, 11) is 0. The van der Waals surface area contributed by atoms with E-state index in [0.29, 0.717) is 0 Å². The Hall–Kier alpha value is -1.80. The minimum Gasteiger partial charge on any atom is -0.323 e. The summed E-state index contributed by atoms with van der Waals surface area (Å²) in [6.07, 6.45) is 0.915. The number of para-hydroxylation sites is 2. The van der Waals surface area contributed by atoms with Crippen molar-refractivity contribution in [3.63, 3.8) is 0 Å². The molecular formula is C17H17ClN2. The third-order valence-corrected chi connectivity index (χ3v) is 3.94. The van der Waals surface area contributed by atoms with Crippen molar-refractivity contribution in [3.8, 4) is 0 Å². The first-order valence-corrected chi connectivity index (χ1v) is 7.26. The standard InChI is InChI=1S/C17H17ClN2/c1-3-17-19-15-6-4-5-7-16(15)20(17)11-13-9-8-12(2)10-14(13)18/h4-10H,3,11H2,1-2H3. The summed E-state index contributed by atoms with van der Waals surface area (Å²) in [5.41, 5.74) is 4.54. The molecule has 20 heavy (non-hydrogen) atoms. The third-order valence-electron chi connectivity index (χ3n) is 3.59. The lowest BCUT2D eigenvalue weighted by atomic mass is 10.1. The quantitative estimate of drug-likeness (QED) is 0.687. The van der Waals surface area contributed by atoms with Crippen LogP contribution in [0.25, 0.3) is 11.0 Å². The van der Waals surface area contributed by atoms with E-state index in [1.807, 2.05) is 12.1 Å². The Balaban J connectivity index is 2.09. The van der Waals surface area contributed by atoms with Gasteiger partial charge in [0.05, 0.1) is 17.6 Å². The Morgan fingerprint density at radius 2 is 1.95 bits per heavy atom. The molecule has 0 aliphatic heterocycles. The van der Waals surface area contributed by atoms with Crippen LogP contribution in [0.4, 0.5) is 0 Å². The predicted molar refractivity (Wildman–Crippen MR) is 84.4 cm³/mol. The van der Waals surface area contributed by atoms with E-state index in [1.165, 1.54) is 11.1 Å². The van der Waals surface area contributed by atoms with Crippen molar-refractivity contribution in [2.24, 2.45) is 0 Å². The molecule has 0 N–H and O–H groups in total. The van der Waals surface area contributed by atoms with E-state index in [1.54, 1.807) is 0 Å². The molecule has 0 aliphatic carbocycles. The lowest BCUT2D eigenvalue weighted by Crippen LogP contribution is -2.05. The van der Waals surface area contributed by atoms with Gasteiger partial charge in [-0.15, -0.1) is 0 Å². The van der Waals surface area contributed by atoms with Gasteiger partial charge < -0.3 is 4.57 Å². The number of fused-ring (bicyclic) bond motifs is 1. The Morgan fingerprint density at radius 3 is 2.70 bits per heavy atom. The van der Waals surface area contributed by atoms with Gasteiger partial charge in [0.15, 0.2) is 0 Å². The molecule has 0 unspecified atom stereocenters. The van der Waals surface area contributed by atoms with Gasteiger partial charge in [0.1, 0.15) is 5.82 Å². The molecule has 0 spiro atoms. The molecule has 1 aromatic heterocycles. The number of hydrogen-bond acceptors (Lipinski definition) is 1. The zero-order valence-corrected chi connectivity index (χ0v) is 12.5. The first-order valence-electron chi connectivity index (χ1n) is 6.88. The van der Waals surface area contributed by atoms with Crippen LogP contribution in [0.1, 0.15) is 23.9 Å². The molecule has 0 fully saturated rings. The molecule has 3 rings (SSSR count). The minimum absolute atomic E-state index is 0.767. The zero-order valence-electron chi connectivity index (χ0n) is 11.7. The fraction of sp³-hybridized carbons (Fsp3) is 0.235. The molecule has 0 radical (unpaired) electrons. The number of nitrogens with zero attached hydrogens (tertiary/aromatic N) is 2. The number of benzene rings is 2. The van der Waals surface area contributed by atoms with Crippen molar-refractivity contribution in [3.05, 3.63) is 64.4 Å². The first kappa shape index (κ1) is 13.2. The Morgan fingerprint density at radius 1 is 1.15 bits per heavy atom. The van der Waals surface area contributed by atoms with Gasteiger partial charge in [-0.1, -0.05) is 42.8 Å². The Labute approximate surface area is 124 Å². The van der Waals surface area contributed by atoms with Crippen LogP contribution in [-0.2, 0) is 13.0 Å². The van der Waals surface area contributed by atoms with Crippen molar-refractivity contribution < 1.29 is 0 Å². The van der Waals surface area contributed by atoms with Crippen LogP contribution in [0.15, 0.2) is 42.5 Å². The highest BCUT2D eigenvalue weighted by atomic mass is 35.5. The van der Waals surface area contributed by atoms with E-state index in [-0.39, 0.29) is 0 Å². The molecule has 3 aromatic rings. The maximum absolute atomic E-state index is 6.36. The number of rotatable bonds is 3. The molecule has 0 bridgehead atoms. The van der Waals surface area contributed by atoms with Crippen LogP contribution in [-0.4, -0.2) is 9.55 Å². The molecule has 0 atom stereocenters. The van der Waals surface area contributed by atoms with E-state index in [4.69, 9.17) is 16.6 Å². The third kappa shape index (κ3) is 2.32. The average Bonchev–Trinajstić information content (AvgIpc) is 2.80. The molecule has 2 nitrogen and oxygen atoms in total. The van der Waals surface area contributed by atoms with Gasteiger partial charge in [-0.05, 0) is 36.2 Å². The topological polar surface area (TPSA) is 17.8 Å². The minimum atomic E-state index is 0.767. The second-order valence-corrected chi connectivity index (χ2v) is 5.46. The van der Waals surface area contributed by atoms with Crippen molar-refractivity contribution in [2.75, 3.05) is 0 Å². The summed E-state index contributed by atoms with van der Waals surface area (Å²) in [5, 5.41) is 0.824. The fourth-order valence-electron chi connectivity index (χ4n) is 2.52. The maximum atomic E-state index is 6.36. The highest BCUT2D eigenvalue weighted by molar-refractivity contribution is 6.31. The molecule has 1 heterocycles. The SMILES string of the molecule is CCc1nc2ccccc2n1Cc1ccc(C)cc1Cl. The fourth-order valence-corrected chi connectivity index (χ4v) is 2.82. The van der Waals surface area contributed by atoms with Gasteiger partial charge in [0.2, 0.25) is 0 Å². The van der Waals surface area contributed by atoms with Crippen molar-refractivity contribution in [2.45, 2.75) is 26.8 Å². The van der Waals surface area contributed by atoms with Gasteiger partial charge >= 0.3 is 0 Å². The number of aryl methyl sites for hydroxylation is 2. The average molecular weight is 285 g/mol. The van der Waals surface area contributed by atoms with Crippen LogP contribution < -0.4 is 0 Å². The normalized spacial score (nSPS) is 11.2. The molecule has 0 saturated heterocycles. The van der Waals surface area contributed by atoms with Crippen molar-refractivity contribution in [1.82, 2.24) is 9.55 Å². The van der Waals surface area contributed by atoms with Crippen molar-refractivity contribution in [1.29, 1.82) is 0 Å². The molecule has 0 amide bonds. The smallest absolute Gasteiger partial charge is 0.109 e. The maximum Gasteiger partial charge on any atom is 0.109 e. The van der Waals surface area contributed by atoms with Crippen LogP contribution in [0.5, 0.6) is 0 Å². The van der Waals surface area contributed by atoms with Crippen molar-refractivity contribution >= 4 is 22.6 Å². The second kappa shape index (κ2) is 5.29. The predicted octanol–water partition coefficient (Wildman–Crippen LogP) is 4.61. The van der Waals surface area contributed by atoms with E-state index in [9.17, 15) is 0 Å². The van der Waals surface area contributed by atoms with E-state index in [2.05, 4.69) is 48.7 Å². The van der Waals surface area contributed by atoms with Gasteiger partial charge in [-0.25, -0.2) is 4.98 Å². The summed E-state index contributed by atoms with van der Waals surface area (Å²) in [4.78, 5) is 4.69. The summed E-state index contributed by atoms with van der Waals surface area (Å²) < 4.78 is 2.26. The van der Waals surface area contributed by atoms with Crippen LogP contribution in [0.2, 0.25) is 5.02 Å². The zero-order chi connectivity index (χ0) is 14.1. The van der Waals surface area contributed by atoms with Gasteiger partial charge in [0, 0.05) is 11.4 Å². The molecule has 102 valence electrons. The number of aromatic nitrogens is 2. The monoisotopic (exact) mass is 284 g/mol. The lowest BCUT2D eigenvalue weighted by Gasteiger charge is -2.10. The number of halogens is 1. The summed E-state index contributed by atoms with van der Waals surface area (Å²) in [5.74, 6) is 1.10. The Bertz CT molecular complexity index is 759. The van der Waals surface area contributed by atoms with Crippen LogP contribution in [0.3, 0.4) is 0 Å². The molecule has 2 aromatic carbocycles. The van der Waals surface area contributed by atoms with Gasteiger partial charge in [-0.2, -0.15) is 0 Å². The van der Waals surface area contributed by atoms with E-state index < -0.39 is 0 Å². The lowest BCUT2D eigenvalue weighted by molar-refractivity contribution is 0.753. The van der Waals surface area contributed by atoms with E-state index >= 15 is 0 Å². The molecule has 3 heteroatoms. The van der Waals surface area contributed by atoms with E-state index in [0.717, 1.165) is 34.9 Å². The highest BCUT2D eigenvalue weighted by Crippen LogP contribution is 2.23. The van der Waals surface area contributed by atoms with Crippen LogP contribution in [0, 0.1) is 6.92 Å². The number of hydrogen-bond donors (Lipinski definition) is 0. The first-order chi connectivity index (χ1) is 9.69. The molecule has 0 saturated carbocycles. The summed E-state index contributed by atoms with van der Waals surface area (Å²) in [6, 6.07) is 14.5. The molecular weight excluding hydrogens is 268 g/mol.